The van der Waals surface area contributed by atoms with Crippen LogP contribution in [0.2, 0.25) is 0 Å². The van der Waals surface area contributed by atoms with Gasteiger partial charge in [-0.1, -0.05) is 13.0 Å². The molecule has 0 aliphatic heterocycles. The molecular weight excluding hydrogens is 230 g/mol. The van der Waals surface area contributed by atoms with Crippen LogP contribution in [-0.2, 0) is 6.42 Å². The molecule has 0 spiro atoms. The van der Waals surface area contributed by atoms with E-state index in [0.29, 0.717) is 23.7 Å². The fourth-order valence-corrected chi connectivity index (χ4v) is 1.91. The molecule has 1 aromatic carbocycles. The van der Waals surface area contributed by atoms with Gasteiger partial charge in [-0.25, -0.2) is 4.98 Å². The number of carbonyl (C=O) groups excluding carboxylic acids is 1. The average molecular weight is 241 g/mol. The van der Waals surface area contributed by atoms with Gasteiger partial charge in [0.1, 0.15) is 11.3 Å². The van der Waals surface area contributed by atoms with Crippen molar-refractivity contribution in [3.8, 4) is 11.3 Å². The molecule has 2 aromatic heterocycles. The third-order valence-electron chi connectivity index (χ3n) is 2.77. The van der Waals surface area contributed by atoms with Crippen molar-refractivity contribution in [3.63, 3.8) is 0 Å². The van der Waals surface area contributed by atoms with Crippen molar-refractivity contribution < 1.29 is 13.6 Å². The lowest BCUT2D eigenvalue weighted by molar-refractivity contribution is 0.110. The van der Waals surface area contributed by atoms with E-state index in [2.05, 4.69) is 4.98 Å². The zero-order valence-electron chi connectivity index (χ0n) is 9.84. The zero-order chi connectivity index (χ0) is 12.5. The van der Waals surface area contributed by atoms with Crippen LogP contribution in [0.4, 0.5) is 0 Å². The van der Waals surface area contributed by atoms with Gasteiger partial charge in [0.25, 0.3) is 0 Å². The van der Waals surface area contributed by atoms with Crippen molar-refractivity contribution in [2.45, 2.75) is 13.3 Å². The van der Waals surface area contributed by atoms with E-state index in [9.17, 15) is 4.79 Å². The van der Waals surface area contributed by atoms with Gasteiger partial charge in [0.15, 0.2) is 23.5 Å². The molecule has 0 fully saturated rings. The van der Waals surface area contributed by atoms with Crippen molar-refractivity contribution in [2.75, 3.05) is 0 Å². The molecule has 0 saturated heterocycles. The topological polar surface area (TPSA) is 56.2 Å². The van der Waals surface area contributed by atoms with Crippen LogP contribution in [0.25, 0.3) is 22.4 Å². The molecule has 0 N–H and O–H groups in total. The minimum absolute atomic E-state index is 0.307. The second-order valence-corrected chi connectivity index (χ2v) is 3.93. The Morgan fingerprint density at radius 3 is 2.83 bits per heavy atom. The third kappa shape index (κ3) is 1.62. The van der Waals surface area contributed by atoms with E-state index in [1.165, 1.54) is 0 Å². The van der Waals surface area contributed by atoms with Gasteiger partial charge in [-0.15, -0.1) is 0 Å². The van der Waals surface area contributed by atoms with Crippen LogP contribution in [-0.4, -0.2) is 11.3 Å². The van der Waals surface area contributed by atoms with Gasteiger partial charge in [0.05, 0.1) is 0 Å². The molecule has 0 atom stereocenters. The van der Waals surface area contributed by atoms with Crippen molar-refractivity contribution in [3.05, 3.63) is 42.0 Å². The Balaban J connectivity index is 2.21. The summed E-state index contributed by atoms with van der Waals surface area (Å²) in [7, 11) is 0. The number of rotatable bonds is 3. The minimum atomic E-state index is 0.307. The first kappa shape index (κ1) is 10.8. The summed E-state index contributed by atoms with van der Waals surface area (Å²) in [6.07, 6.45) is 1.43. The lowest BCUT2D eigenvalue weighted by atomic mass is 10.1. The number of aldehydes is 1. The highest BCUT2D eigenvalue weighted by atomic mass is 16.4. The highest BCUT2D eigenvalue weighted by Crippen LogP contribution is 2.29. The molecule has 4 nitrogen and oxygen atoms in total. The van der Waals surface area contributed by atoms with E-state index in [-0.39, 0.29) is 0 Å². The molecule has 0 saturated carbocycles. The molecule has 0 bridgehead atoms. The first-order valence-corrected chi connectivity index (χ1v) is 5.75. The first-order valence-electron chi connectivity index (χ1n) is 5.75. The molecule has 18 heavy (non-hydrogen) atoms. The number of aromatic nitrogens is 1. The fourth-order valence-electron chi connectivity index (χ4n) is 1.91. The molecule has 0 aliphatic rings. The van der Waals surface area contributed by atoms with E-state index >= 15 is 0 Å². The van der Waals surface area contributed by atoms with Crippen LogP contribution < -0.4 is 0 Å². The number of benzene rings is 1. The summed E-state index contributed by atoms with van der Waals surface area (Å²) in [5.41, 5.74) is 2.33. The summed E-state index contributed by atoms with van der Waals surface area (Å²) in [6, 6.07) is 9.05. The third-order valence-corrected chi connectivity index (χ3v) is 2.77. The lowest BCUT2D eigenvalue weighted by Gasteiger charge is -1.96. The predicted molar refractivity (Wildman–Crippen MR) is 66.5 cm³/mol. The Kier molecular flexibility index (Phi) is 2.48. The fraction of sp³-hybridized carbons (Fsp3) is 0.143. The number of carbonyl (C=O) groups is 1. The highest BCUT2D eigenvalue weighted by Gasteiger charge is 2.12. The Labute approximate surface area is 103 Å². The molecule has 0 amide bonds. The van der Waals surface area contributed by atoms with E-state index in [4.69, 9.17) is 8.83 Å². The zero-order valence-corrected chi connectivity index (χ0v) is 9.84. The maximum Gasteiger partial charge on any atom is 0.195 e. The second-order valence-electron chi connectivity index (χ2n) is 3.93. The van der Waals surface area contributed by atoms with E-state index in [1.807, 2.05) is 25.1 Å². The Morgan fingerprint density at radius 1 is 1.22 bits per heavy atom. The number of aryl methyl sites for hydroxylation is 1. The summed E-state index contributed by atoms with van der Waals surface area (Å²) in [4.78, 5) is 15.1. The number of para-hydroxylation sites is 1. The van der Waals surface area contributed by atoms with Crippen LogP contribution in [0.15, 0.2) is 39.2 Å². The summed E-state index contributed by atoms with van der Waals surface area (Å²) in [5, 5.41) is 0. The molecule has 4 heteroatoms. The normalized spacial score (nSPS) is 10.9. The smallest absolute Gasteiger partial charge is 0.195 e. The Morgan fingerprint density at radius 2 is 2.11 bits per heavy atom. The number of furan rings is 1. The highest BCUT2D eigenvalue weighted by molar-refractivity contribution is 5.89. The molecule has 3 aromatic rings. The Bertz CT molecular complexity index is 709. The van der Waals surface area contributed by atoms with Gasteiger partial charge in [-0.05, 0) is 24.3 Å². The quantitative estimate of drug-likeness (QED) is 0.659. The van der Waals surface area contributed by atoms with Gasteiger partial charge < -0.3 is 8.83 Å². The minimum Gasteiger partial charge on any atom is -0.453 e. The molecule has 0 radical (unpaired) electrons. The van der Waals surface area contributed by atoms with Crippen molar-refractivity contribution in [2.24, 2.45) is 0 Å². The second kappa shape index (κ2) is 4.14. The average Bonchev–Trinajstić information content (AvgIpc) is 3.04. The lowest BCUT2D eigenvalue weighted by Crippen LogP contribution is -1.79. The van der Waals surface area contributed by atoms with Gasteiger partial charge in [-0.3, -0.25) is 4.79 Å². The van der Waals surface area contributed by atoms with Crippen molar-refractivity contribution in [1.29, 1.82) is 0 Å². The van der Waals surface area contributed by atoms with Crippen LogP contribution in [0.5, 0.6) is 0 Å². The standard InChI is InChI=1S/C14H11NO3/c1-2-13-15-14-10(4-3-5-12(14)18-13)11-7-6-9(8-16)17-11/h3-8H,2H2,1H3. The summed E-state index contributed by atoms with van der Waals surface area (Å²) < 4.78 is 11.0. The number of fused-ring (bicyclic) bond motifs is 1. The van der Waals surface area contributed by atoms with Gasteiger partial charge in [0, 0.05) is 12.0 Å². The molecule has 3 rings (SSSR count). The van der Waals surface area contributed by atoms with Crippen LogP contribution in [0.3, 0.4) is 0 Å². The maximum absolute atomic E-state index is 10.6. The summed E-state index contributed by atoms with van der Waals surface area (Å²) >= 11 is 0. The maximum atomic E-state index is 10.6. The molecule has 0 aliphatic carbocycles. The molecular formula is C14H11NO3. The monoisotopic (exact) mass is 241 g/mol. The van der Waals surface area contributed by atoms with Crippen molar-refractivity contribution >= 4 is 17.4 Å². The summed E-state index contributed by atoms with van der Waals surface area (Å²) in [6.45, 7) is 1.99. The van der Waals surface area contributed by atoms with E-state index in [0.717, 1.165) is 23.1 Å². The Hall–Kier alpha value is -2.36. The number of oxazole rings is 1. The number of hydrogen-bond donors (Lipinski definition) is 0. The van der Waals surface area contributed by atoms with Gasteiger partial charge in [-0.2, -0.15) is 0 Å². The summed E-state index contributed by atoms with van der Waals surface area (Å²) in [5.74, 6) is 1.62. The van der Waals surface area contributed by atoms with Crippen LogP contribution in [0, 0.1) is 0 Å². The van der Waals surface area contributed by atoms with Gasteiger partial charge >= 0.3 is 0 Å². The largest absolute Gasteiger partial charge is 0.453 e. The van der Waals surface area contributed by atoms with Crippen molar-refractivity contribution in [1.82, 2.24) is 4.98 Å². The molecule has 0 unspecified atom stereocenters. The van der Waals surface area contributed by atoms with E-state index < -0.39 is 0 Å². The SMILES string of the molecule is CCc1nc2c(-c3ccc(C=O)o3)cccc2o1. The number of hydrogen-bond acceptors (Lipinski definition) is 4. The number of nitrogens with zero attached hydrogens (tertiary/aromatic N) is 1. The van der Waals surface area contributed by atoms with Crippen LogP contribution >= 0.6 is 0 Å². The van der Waals surface area contributed by atoms with Gasteiger partial charge in [0.2, 0.25) is 0 Å². The predicted octanol–water partition coefficient (Wildman–Crippen LogP) is 3.46. The van der Waals surface area contributed by atoms with E-state index in [1.54, 1.807) is 12.1 Å². The molecule has 90 valence electrons. The van der Waals surface area contributed by atoms with Crippen LogP contribution in [0.1, 0.15) is 23.4 Å². The molecule has 2 heterocycles. The first-order chi connectivity index (χ1) is 8.81.